The predicted molar refractivity (Wildman–Crippen MR) is 176 cm³/mol. The maximum absolute atomic E-state index is 15.4. The van der Waals surface area contributed by atoms with Gasteiger partial charge in [-0.05, 0) is 60.6 Å². The smallest absolute Gasteiger partial charge is 0.407 e. The first kappa shape index (κ1) is 36.5. The van der Waals surface area contributed by atoms with Crippen LogP contribution in [-0.4, -0.2) is 74.9 Å². The monoisotopic (exact) mass is 656 g/mol. The maximum Gasteiger partial charge on any atom is 0.407 e. The molecule has 3 atom stereocenters. The summed E-state index contributed by atoms with van der Waals surface area (Å²) in [6.07, 6.45) is -1.95. The van der Waals surface area contributed by atoms with Gasteiger partial charge in [-0.25, -0.2) is 17.6 Å². The van der Waals surface area contributed by atoms with E-state index in [1.807, 2.05) is 74.5 Å². The van der Waals surface area contributed by atoms with Crippen LogP contribution in [0.2, 0.25) is 0 Å². The zero-order valence-electron chi connectivity index (χ0n) is 26.5. The highest BCUT2D eigenvalue weighted by molar-refractivity contribution is 7.89. The van der Waals surface area contributed by atoms with Gasteiger partial charge >= 0.3 is 6.09 Å². The molecule has 0 aliphatic rings. The van der Waals surface area contributed by atoms with Gasteiger partial charge in [-0.15, -0.1) is 0 Å². The summed E-state index contributed by atoms with van der Waals surface area (Å²) in [4.78, 5) is 25.9. The topological polar surface area (TPSA) is 151 Å². The molecular formula is C34H45FN4O6S. The number of hydrogen-bond donors (Lipinski definition) is 4. The van der Waals surface area contributed by atoms with Crippen LogP contribution in [0.4, 0.5) is 14.9 Å². The number of benzene rings is 3. The average molecular weight is 657 g/mol. The van der Waals surface area contributed by atoms with Crippen molar-refractivity contribution >= 4 is 27.7 Å². The molecule has 3 rings (SSSR count). The van der Waals surface area contributed by atoms with Crippen molar-refractivity contribution in [3.05, 3.63) is 96.1 Å². The van der Waals surface area contributed by atoms with E-state index < -0.39 is 52.8 Å². The van der Waals surface area contributed by atoms with Gasteiger partial charge < -0.3 is 26.2 Å². The van der Waals surface area contributed by atoms with E-state index in [1.54, 1.807) is 0 Å². The number of methoxy groups -OCH3 is 1. The molecule has 2 amide bonds. The molecule has 0 aromatic heterocycles. The SMILES string of the molecule is COC(=O)N[C@H](C(=O)NCC(F)CC[C@H](CO)N(CCC(C)C)S(=O)(=O)c1ccc(N)cc1)C(c1ccccc1)c1ccccc1. The second-order valence-electron chi connectivity index (χ2n) is 11.5. The van der Waals surface area contributed by atoms with Gasteiger partial charge in [0.05, 0.1) is 18.6 Å². The number of nitrogens with two attached hydrogens (primary N) is 1. The third-order valence-electron chi connectivity index (χ3n) is 7.73. The summed E-state index contributed by atoms with van der Waals surface area (Å²) < 4.78 is 48.5. The van der Waals surface area contributed by atoms with E-state index in [1.165, 1.54) is 35.7 Å². The number of hydrogen-bond acceptors (Lipinski definition) is 7. The summed E-state index contributed by atoms with van der Waals surface area (Å²) >= 11 is 0. The van der Waals surface area contributed by atoms with Crippen LogP contribution in [0.25, 0.3) is 0 Å². The van der Waals surface area contributed by atoms with Crippen molar-refractivity contribution in [1.82, 2.24) is 14.9 Å². The first-order valence-electron chi connectivity index (χ1n) is 15.3. The zero-order valence-corrected chi connectivity index (χ0v) is 27.3. The van der Waals surface area contributed by atoms with Crippen LogP contribution in [0.15, 0.2) is 89.8 Å². The van der Waals surface area contributed by atoms with E-state index >= 15 is 4.39 Å². The summed E-state index contributed by atoms with van der Waals surface area (Å²) in [7, 11) is -2.82. The molecule has 3 aromatic rings. The number of amides is 2. The number of sulfonamides is 1. The second-order valence-corrected chi connectivity index (χ2v) is 13.4. The number of halogens is 1. The highest BCUT2D eigenvalue weighted by atomic mass is 32.2. The fraction of sp³-hybridized carbons (Fsp3) is 0.412. The summed E-state index contributed by atoms with van der Waals surface area (Å²) in [6, 6.07) is 22.1. The molecule has 0 fully saturated rings. The van der Waals surface area contributed by atoms with Crippen molar-refractivity contribution in [1.29, 1.82) is 0 Å². The van der Waals surface area contributed by atoms with Crippen LogP contribution in [0.1, 0.15) is 50.2 Å². The summed E-state index contributed by atoms with van der Waals surface area (Å²) in [5.74, 6) is -1.03. The Morgan fingerprint density at radius 2 is 1.48 bits per heavy atom. The normalized spacial score (nSPS) is 13.7. The Labute approximate surface area is 271 Å². The highest BCUT2D eigenvalue weighted by Crippen LogP contribution is 2.29. The molecule has 12 heteroatoms. The number of anilines is 1. The van der Waals surface area contributed by atoms with Crippen molar-refractivity contribution in [2.45, 2.75) is 62.2 Å². The number of rotatable bonds is 17. The van der Waals surface area contributed by atoms with Crippen molar-refractivity contribution in [3.63, 3.8) is 0 Å². The average Bonchev–Trinajstić information content (AvgIpc) is 3.05. The quantitative estimate of drug-likeness (QED) is 0.157. The van der Waals surface area contributed by atoms with Gasteiger partial charge in [0.2, 0.25) is 15.9 Å². The Kier molecular flexibility index (Phi) is 14.0. The van der Waals surface area contributed by atoms with Crippen LogP contribution >= 0.6 is 0 Å². The number of nitrogens with one attached hydrogen (secondary N) is 2. The molecule has 250 valence electrons. The van der Waals surface area contributed by atoms with E-state index in [2.05, 4.69) is 10.6 Å². The Hall–Kier alpha value is -4.00. The van der Waals surface area contributed by atoms with Gasteiger partial charge in [-0.2, -0.15) is 4.31 Å². The number of alkyl halides is 1. The third-order valence-corrected chi connectivity index (χ3v) is 9.70. The van der Waals surface area contributed by atoms with Crippen molar-refractivity contribution in [3.8, 4) is 0 Å². The Morgan fingerprint density at radius 1 is 0.913 bits per heavy atom. The van der Waals surface area contributed by atoms with Gasteiger partial charge in [0.15, 0.2) is 0 Å². The summed E-state index contributed by atoms with van der Waals surface area (Å²) in [6.45, 7) is 3.18. The van der Waals surface area contributed by atoms with Gasteiger partial charge in [0.1, 0.15) is 12.2 Å². The summed E-state index contributed by atoms with van der Waals surface area (Å²) in [5, 5.41) is 15.5. The Balaban J connectivity index is 1.75. The van der Waals surface area contributed by atoms with E-state index in [4.69, 9.17) is 10.5 Å². The molecule has 0 saturated heterocycles. The van der Waals surface area contributed by atoms with Gasteiger partial charge in [0.25, 0.3) is 0 Å². The van der Waals surface area contributed by atoms with Crippen LogP contribution in [-0.2, 0) is 19.6 Å². The fourth-order valence-electron chi connectivity index (χ4n) is 5.17. The standard InChI is InChI=1S/C34H45FN4O6S/c1-24(2)20-21-39(46(43,44)30-18-15-28(36)16-19-30)29(23-40)17-14-27(35)22-37-33(41)32(38-34(42)45-3)31(25-10-6-4-7-11-25)26-12-8-5-9-13-26/h4-13,15-16,18-19,24,27,29,31-32,40H,14,17,20-23,36H2,1-3H3,(H,37,41)(H,38,42)/t27?,29-,32+/m1/s1. The van der Waals surface area contributed by atoms with Crippen molar-refractivity contribution in [2.75, 3.05) is 32.5 Å². The van der Waals surface area contributed by atoms with E-state index in [0.717, 1.165) is 11.1 Å². The molecule has 0 aliphatic heterocycles. The number of carbonyl (C=O) groups is 2. The molecule has 0 spiro atoms. The number of carbonyl (C=O) groups excluding carboxylic acids is 2. The molecule has 0 saturated carbocycles. The highest BCUT2D eigenvalue weighted by Gasteiger charge is 2.34. The number of ether oxygens (including phenoxy) is 1. The predicted octanol–water partition coefficient (Wildman–Crippen LogP) is 4.46. The number of aliphatic hydroxyl groups excluding tert-OH is 1. The lowest BCUT2D eigenvalue weighted by molar-refractivity contribution is -0.123. The van der Waals surface area contributed by atoms with E-state index in [-0.39, 0.29) is 36.7 Å². The maximum atomic E-state index is 15.4. The first-order chi connectivity index (χ1) is 22.0. The van der Waals surface area contributed by atoms with Crippen LogP contribution < -0.4 is 16.4 Å². The van der Waals surface area contributed by atoms with Crippen LogP contribution in [0.5, 0.6) is 0 Å². The lowest BCUT2D eigenvalue weighted by Gasteiger charge is -2.31. The number of aliphatic hydroxyl groups is 1. The third kappa shape index (κ3) is 10.3. The Bertz CT molecular complexity index is 1440. The molecule has 1 unspecified atom stereocenters. The van der Waals surface area contributed by atoms with Crippen molar-refractivity contribution < 1.29 is 32.2 Å². The first-order valence-corrected chi connectivity index (χ1v) is 16.8. The molecule has 0 aliphatic carbocycles. The minimum atomic E-state index is -4.01. The lowest BCUT2D eigenvalue weighted by atomic mass is 9.84. The molecule has 10 nitrogen and oxygen atoms in total. The van der Waals surface area contributed by atoms with Gasteiger partial charge in [-0.3, -0.25) is 4.79 Å². The van der Waals surface area contributed by atoms with E-state index in [9.17, 15) is 23.1 Å². The molecular weight excluding hydrogens is 611 g/mol. The fourth-order valence-corrected chi connectivity index (χ4v) is 6.83. The molecule has 0 heterocycles. The number of alkyl carbamates (subject to hydrolysis) is 1. The van der Waals surface area contributed by atoms with Crippen molar-refractivity contribution in [2.24, 2.45) is 5.92 Å². The largest absolute Gasteiger partial charge is 0.453 e. The molecule has 46 heavy (non-hydrogen) atoms. The number of nitrogen functional groups attached to an aromatic ring is 1. The molecule has 0 bridgehead atoms. The molecule has 0 radical (unpaired) electrons. The minimum Gasteiger partial charge on any atom is -0.453 e. The molecule has 5 N–H and O–H groups in total. The van der Waals surface area contributed by atoms with Crippen LogP contribution in [0.3, 0.4) is 0 Å². The lowest BCUT2D eigenvalue weighted by Crippen LogP contribution is -2.51. The van der Waals surface area contributed by atoms with Gasteiger partial charge in [0, 0.05) is 30.7 Å². The second kappa shape index (κ2) is 17.6. The van der Waals surface area contributed by atoms with E-state index in [0.29, 0.717) is 12.1 Å². The summed E-state index contributed by atoms with van der Waals surface area (Å²) in [5.41, 5.74) is 7.67. The molecule has 3 aromatic carbocycles. The minimum absolute atomic E-state index is 0.0142. The zero-order chi connectivity index (χ0) is 33.7. The van der Waals surface area contributed by atoms with Gasteiger partial charge in [-0.1, -0.05) is 74.5 Å². The number of nitrogens with zero attached hydrogens (tertiary/aromatic N) is 1. The van der Waals surface area contributed by atoms with Crippen LogP contribution in [0, 0.1) is 5.92 Å². The Morgan fingerprint density at radius 3 is 1.98 bits per heavy atom.